The molecule has 0 heterocycles. The Morgan fingerprint density at radius 3 is 1.45 bits per heavy atom. The molecule has 0 N–H and O–H groups in total. The van der Waals surface area contributed by atoms with Gasteiger partial charge in [0, 0.05) is 7.11 Å². The van der Waals surface area contributed by atoms with E-state index in [1.54, 1.807) is 0 Å². The Kier molecular flexibility index (Phi) is 8.36. The molecule has 0 spiro atoms. The van der Waals surface area contributed by atoms with Gasteiger partial charge in [-0.05, 0) is 13.8 Å². The lowest BCUT2D eigenvalue weighted by Gasteiger charge is -2.15. The molecule has 0 atom stereocenters. The van der Waals surface area contributed by atoms with Crippen LogP contribution in [0.5, 0.6) is 0 Å². The number of hydrogen-bond donors (Lipinski definition) is 0. The molecular weight excluding hydrogens is 339 g/mol. The molecule has 0 aromatic heterocycles. The van der Waals surface area contributed by atoms with Gasteiger partial charge in [-0.15, -0.1) is 0 Å². The van der Waals surface area contributed by atoms with Crippen molar-refractivity contribution in [1.29, 1.82) is 0 Å². The maximum Gasteiger partial charge on any atom is 0.476 e. The maximum absolute atomic E-state index is 11.8. The van der Waals surface area contributed by atoms with Crippen molar-refractivity contribution in [3.05, 3.63) is 0 Å². The summed E-state index contributed by atoms with van der Waals surface area (Å²) in [6.45, 7) is 2.59. The van der Waals surface area contributed by atoms with Crippen LogP contribution in [0, 0.1) is 0 Å². The van der Waals surface area contributed by atoms with E-state index in [2.05, 4.69) is 21.9 Å². The minimum Gasteiger partial charge on any atom is -0.290 e. The van der Waals surface area contributed by atoms with E-state index in [4.69, 9.17) is 0 Å². The van der Waals surface area contributed by atoms with Gasteiger partial charge in [0.2, 0.25) is 0 Å². The third kappa shape index (κ3) is 8.27. The van der Waals surface area contributed by atoms with E-state index < -0.39 is 39.9 Å². The van der Waals surface area contributed by atoms with Crippen LogP contribution >= 0.6 is 7.82 Å². The van der Waals surface area contributed by atoms with Crippen molar-refractivity contribution in [2.45, 2.75) is 13.8 Å². The van der Waals surface area contributed by atoms with E-state index in [0.717, 1.165) is 7.11 Å². The van der Waals surface area contributed by atoms with Crippen molar-refractivity contribution in [1.82, 2.24) is 0 Å². The first-order valence-electron chi connectivity index (χ1n) is 5.28. The van der Waals surface area contributed by atoms with Gasteiger partial charge in [-0.2, -0.15) is 16.8 Å². The van der Waals surface area contributed by atoms with Crippen molar-refractivity contribution >= 4 is 28.1 Å². The fourth-order valence-electron chi connectivity index (χ4n) is 0.828. The van der Waals surface area contributed by atoms with Gasteiger partial charge in [0.15, 0.2) is 11.9 Å². The minimum atomic E-state index is -4.36. The highest BCUT2D eigenvalue weighted by Gasteiger charge is 2.30. The van der Waals surface area contributed by atoms with E-state index in [1.165, 1.54) is 13.8 Å². The summed E-state index contributed by atoms with van der Waals surface area (Å²) in [6.07, 6.45) is 0. The molecule has 10 nitrogen and oxygen atoms in total. The summed E-state index contributed by atoms with van der Waals surface area (Å²) in [6, 6.07) is 0. The Morgan fingerprint density at radius 1 is 0.850 bits per heavy atom. The van der Waals surface area contributed by atoms with E-state index in [0.29, 0.717) is 0 Å². The largest absolute Gasteiger partial charge is 0.476 e. The molecule has 0 bridgehead atoms. The van der Waals surface area contributed by atoms with Crippen molar-refractivity contribution in [3.8, 4) is 0 Å². The third-order valence-electron chi connectivity index (χ3n) is 1.53. The first kappa shape index (κ1) is 19.9. The smallest absolute Gasteiger partial charge is 0.290 e. The molecule has 0 unspecified atom stereocenters. The van der Waals surface area contributed by atoms with E-state index in [-0.39, 0.29) is 13.2 Å². The second-order valence-corrected chi connectivity index (χ2v) is 8.00. The zero-order chi connectivity index (χ0) is 15.9. The quantitative estimate of drug-likeness (QED) is 0.379. The van der Waals surface area contributed by atoms with Crippen LogP contribution in [-0.4, -0.2) is 49.0 Å². The Morgan fingerprint density at radius 2 is 1.20 bits per heavy atom. The molecule has 0 saturated carbocycles. The highest BCUT2D eigenvalue weighted by atomic mass is 32.2. The van der Waals surface area contributed by atoms with Crippen LogP contribution in [0.4, 0.5) is 0 Å². The van der Waals surface area contributed by atoms with Gasteiger partial charge in [0.25, 0.3) is 20.2 Å². The number of phosphoric acid groups is 1. The topological polar surface area (TPSA) is 132 Å². The van der Waals surface area contributed by atoms with Crippen LogP contribution in [0.15, 0.2) is 0 Å². The van der Waals surface area contributed by atoms with Gasteiger partial charge in [-0.25, -0.2) is 4.57 Å². The fraction of sp³-hybridized carbons (Fsp3) is 1.00. The van der Waals surface area contributed by atoms with Crippen LogP contribution in [0.1, 0.15) is 13.8 Å². The van der Waals surface area contributed by atoms with Crippen LogP contribution in [0.2, 0.25) is 0 Å². The average Bonchev–Trinajstić information content (AvgIpc) is 2.34. The van der Waals surface area contributed by atoms with Crippen LogP contribution in [-0.2, 0) is 46.7 Å². The highest BCUT2D eigenvalue weighted by Crippen LogP contribution is 2.49. The van der Waals surface area contributed by atoms with Crippen LogP contribution in [0.25, 0.3) is 0 Å². The summed E-state index contributed by atoms with van der Waals surface area (Å²) in [4.78, 5) is 0. The van der Waals surface area contributed by atoms with Gasteiger partial charge in [-0.1, -0.05) is 0 Å². The van der Waals surface area contributed by atoms with E-state index >= 15 is 0 Å². The molecule has 20 heavy (non-hydrogen) atoms. The van der Waals surface area contributed by atoms with E-state index in [9.17, 15) is 21.4 Å². The summed E-state index contributed by atoms with van der Waals surface area (Å²) in [5, 5.41) is 0. The summed E-state index contributed by atoms with van der Waals surface area (Å²) >= 11 is 0. The Balaban J connectivity index is 4.61. The summed E-state index contributed by atoms with van der Waals surface area (Å²) in [5.74, 6) is -2.22. The zero-order valence-electron chi connectivity index (χ0n) is 11.2. The molecule has 0 rings (SSSR count). The molecule has 0 fully saturated rings. The van der Waals surface area contributed by atoms with Crippen molar-refractivity contribution in [2.75, 3.05) is 32.2 Å². The first-order chi connectivity index (χ1) is 9.10. The molecule has 0 amide bonds. The number of rotatable bonds is 11. The molecule has 0 aliphatic carbocycles. The Bertz CT molecular complexity index is 480. The SMILES string of the molecule is CCOS(=O)(=O)COP(=O)(OC)OCS(=O)(=O)OCC. The Labute approximate surface area is 118 Å². The van der Waals surface area contributed by atoms with Gasteiger partial charge in [-0.3, -0.25) is 21.9 Å². The lowest BCUT2D eigenvalue weighted by molar-refractivity contribution is 0.154. The van der Waals surface area contributed by atoms with Crippen LogP contribution in [0.3, 0.4) is 0 Å². The normalized spacial score (nSPS) is 13.6. The monoisotopic (exact) mass is 356 g/mol. The lowest BCUT2D eigenvalue weighted by atomic mass is 10.9. The average molecular weight is 356 g/mol. The number of phosphoric ester groups is 1. The lowest BCUT2D eigenvalue weighted by Crippen LogP contribution is -2.16. The standard InChI is InChI=1S/C7H17O10PS2/c1-4-16-19(9,10)6-14-18(8,13-3)15-7-20(11,12)17-5-2/h4-7H2,1-3H3. The van der Waals surface area contributed by atoms with Crippen molar-refractivity contribution in [3.63, 3.8) is 0 Å². The minimum absolute atomic E-state index is 0.136. The zero-order valence-corrected chi connectivity index (χ0v) is 13.7. The van der Waals surface area contributed by atoms with Crippen LogP contribution < -0.4 is 0 Å². The third-order valence-corrected chi connectivity index (χ3v) is 5.22. The predicted molar refractivity (Wildman–Crippen MR) is 67.6 cm³/mol. The molecule has 13 heteroatoms. The van der Waals surface area contributed by atoms with Gasteiger partial charge >= 0.3 is 7.82 Å². The molecule has 0 aromatic rings. The molecule has 0 aliphatic rings. The predicted octanol–water partition coefficient (Wildman–Crippen LogP) is 0.422. The molecular formula is C7H17O10PS2. The van der Waals surface area contributed by atoms with E-state index in [1.807, 2.05) is 0 Å². The molecule has 0 aromatic carbocycles. The highest BCUT2D eigenvalue weighted by molar-refractivity contribution is 7.87. The van der Waals surface area contributed by atoms with Gasteiger partial charge in [0.1, 0.15) is 0 Å². The van der Waals surface area contributed by atoms with Crippen molar-refractivity contribution in [2.24, 2.45) is 0 Å². The fourth-order valence-corrected chi connectivity index (χ4v) is 4.03. The Hall–Kier alpha value is -0.0700. The molecule has 0 aliphatic heterocycles. The molecule has 0 radical (unpaired) electrons. The van der Waals surface area contributed by atoms with Gasteiger partial charge < -0.3 is 0 Å². The number of hydrogen-bond acceptors (Lipinski definition) is 10. The summed E-state index contributed by atoms with van der Waals surface area (Å²) in [5.41, 5.74) is 0. The second-order valence-electron chi connectivity index (χ2n) is 3.05. The first-order valence-corrected chi connectivity index (χ1v) is 9.90. The molecule has 0 saturated heterocycles. The molecule has 122 valence electrons. The van der Waals surface area contributed by atoms with Gasteiger partial charge in [0.05, 0.1) is 13.2 Å². The summed E-state index contributed by atoms with van der Waals surface area (Å²) < 4.78 is 78.4. The maximum atomic E-state index is 11.8. The summed E-state index contributed by atoms with van der Waals surface area (Å²) in [7, 11) is -11.6. The van der Waals surface area contributed by atoms with Crippen molar-refractivity contribution < 1.29 is 43.3 Å². The second kappa shape index (κ2) is 8.39.